The summed E-state index contributed by atoms with van der Waals surface area (Å²) < 4.78 is 58.6. The minimum Gasteiger partial charge on any atom is -0.481 e. The Kier molecular flexibility index (Phi) is 9.17. The fraction of sp³-hybridized carbons (Fsp3) is 0.630. The van der Waals surface area contributed by atoms with E-state index >= 15 is 4.39 Å². The van der Waals surface area contributed by atoms with Crippen LogP contribution in [0.15, 0.2) is 24.5 Å². The number of hydrogen-bond donors (Lipinski definition) is 1. The molecule has 2 aromatic heterocycles. The van der Waals surface area contributed by atoms with Crippen molar-refractivity contribution in [3.63, 3.8) is 0 Å². The number of nitrogens with one attached hydrogen (secondary N) is 1. The Morgan fingerprint density at radius 1 is 1.16 bits per heavy atom. The number of aromatic nitrogens is 3. The second kappa shape index (κ2) is 12.4. The van der Waals surface area contributed by atoms with E-state index in [9.17, 15) is 18.0 Å². The van der Waals surface area contributed by atoms with E-state index < -0.39 is 18.3 Å². The van der Waals surface area contributed by atoms with Gasteiger partial charge >= 0.3 is 6.18 Å². The number of hydrogen-bond acceptors (Lipinski definition) is 6. The first-order valence-corrected chi connectivity index (χ1v) is 13.2. The number of pyridine rings is 1. The van der Waals surface area contributed by atoms with Gasteiger partial charge in [0.2, 0.25) is 0 Å². The van der Waals surface area contributed by atoms with E-state index in [2.05, 4.69) is 25.2 Å². The minimum absolute atomic E-state index is 0.0745. The van der Waals surface area contributed by atoms with E-state index in [4.69, 9.17) is 4.74 Å². The zero-order valence-electron chi connectivity index (χ0n) is 21.7. The molecule has 1 aliphatic carbocycles. The van der Waals surface area contributed by atoms with Crippen molar-refractivity contribution in [3.8, 4) is 5.75 Å². The lowest BCUT2D eigenvalue weighted by atomic mass is 9.81. The number of carbonyl (C=O) groups is 1. The molecule has 38 heavy (non-hydrogen) atoms. The van der Waals surface area contributed by atoms with Crippen LogP contribution in [-0.4, -0.2) is 69.9 Å². The molecule has 1 amide bonds. The van der Waals surface area contributed by atoms with Crippen LogP contribution in [-0.2, 0) is 24.1 Å². The summed E-state index contributed by atoms with van der Waals surface area (Å²) in [4.78, 5) is 27.0. The third-order valence-corrected chi connectivity index (χ3v) is 7.40. The Labute approximate surface area is 220 Å². The van der Waals surface area contributed by atoms with Gasteiger partial charge in [0.1, 0.15) is 11.5 Å². The van der Waals surface area contributed by atoms with E-state index in [1.807, 2.05) is 6.07 Å². The number of nitrogens with zero attached hydrogens (tertiary/aromatic N) is 4. The average molecular weight is 538 g/mol. The molecule has 208 valence electrons. The van der Waals surface area contributed by atoms with Gasteiger partial charge in [0, 0.05) is 49.9 Å². The highest BCUT2D eigenvalue weighted by Gasteiger charge is 2.36. The van der Waals surface area contributed by atoms with Gasteiger partial charge in [-0.25, -0.2) is 14.4 Å². The van der Waals surface area contributed by atoms with Crippen LogP contribution in [0.2, 0.25) is 0 Å². The molecule has 4 rings (SSSR count). The third-order valence-electron chi connectivity index (χ3n) is 7.40. The van der Waals surface area contributed by atoms with E-state index in [1.54, 1.807) is 13.0 Å². The Hall–Kier alpha value is -2.82. The fourth-order valence-corrected chi connectivity index (χ4v) is 5.07. The molecule has 7 nitrogen and oxygen atoms in total. The van der Waals surface area contributed by atoms with E-state index in [0.717, 1.165) is 24.2 Å². The zero-order chi connectivity index (χ0) is 27.2. The van der Waals surface area contributed by atoms with Crippen molar-refractivity contribution in [1.82, 2.24) is 25.2 Å². The van der Waals surface area contributed by atoms with Crippen LogP contribution in [0, 0.1) is 6.92 Å². The number of ether oxygens (including phenoxy) is 1. The molecule has 0 radical (unpaired) electrons. The summed E-state index contributed by atoms with van der Waals surface area (Å²) in [6.07, 6.45) is 1.63. The maximum absolute atomic E-state index is 15.6. The number of rotatable bonds is 9. The van der Waals surface area contributed by atoms with Gasteiger partial charge in [0.15, 0.2) is 12.4 Å². The fourth-order valence-electron chi connectivity index (χ4n) is 5.07. The predicted octanol–water partition coefficient (Wildman–Crippen LogP) is 4.31. The maximum Gasteiger partial charge on any atom is 0.389 e. The van der Waals surface area contributed by atoms with Gasteiger partial charge < -0.3 is 15.0 Å². The molecule has 11 heteroatoms. The average Bonchev–Trinajstić information content (AvgIpc) is 3.09. The van der Waals surface area contributed by atoms with Gasteiger partial charge in [-0.1, -0.05) is 6.07 Å². The van der Waals surface area contributed by atoms with E-state index in [1.165, 1.54) is 12.4 Å². The number of carbonyl (C=O) groups excluding carboxylic acids is 1. The highest BCUT2D eigenvalue weighted by atomic mass is 19.4. The number of halogens is 4. The second-order valence-corrected chi connectivity index (χ2v) is 10.4. The van der Waals surface area contributed by atoms with Crippen LogP contribution >= 0.6 is 0 Å². The Morgan fingerprint density at radius 3 is 2.58 bits per heavy atom. The van der Waals surface area contributed by atoms with Crippen molar-refractivity contribution in [2.45, 2.75) is 82.6 Å². The molecule has 0 atom stereocenters. The smallest absolute Gasteiger partial charge is 0.389 e. The molecule has 0 aromatic carbocycles. The summed E-state index contributed by atoms with van der Waals surface area (Å²) in [6.45, 7) is 3.73. The SMILES string of the molecule is Cc1ncc(OCC(=O)N[C@H]2CC[C@](F)(CCN3CCc4ccc(CCC(F)(F)F)nc4CC3)CC2)cn1. The van der Waals surface area contributed by atoms with E-state index in [0.29, 0.717) is 68.9 Å². The number of alkyl halides is 4. The molecule has 0 saturated heterocycles. The van der Waals surface area contributed by atoms with Crippen LogP contribution in [0.5, 0.6) is 5.75 Å². The molecule has 2 aromatic rings. The molecule has 2 aliphatic rings. The van der Waals surface area contributed by atoms with Gasteiger partial charge in [-0.05, 0) is 63.5 Å². The topological polar surface area (TPSA) is 80.2 Å². The maximum atomic E-state index is 15.6. The third kappa shape index (κ3) is 8.61. The first-order valence-electron chi connectivity index (χ1n) is 13.2. The molecule has 3 heterocycles. The van der Waals surface area contributed by atoms with Crippen molar-refractivity contribution in [3.05, 3.63) is 47.3 Å². The van der Waals surface area contributed by atoms with Crippen molar-refractivity contribution >= 4 is 5.91 Å². The van der Waals surface area contributed by atoms with Crippen molar-refractivity contribution < 1.29 is 27.1 Å². The molecule has 1 N–H and O–H groups in total. The van der Waals surface area contributed by atoms with Gasteiger partial charge in [-0.15, -0.1) is 0 Å². The molecular formula is C27H35F4N5O2. The van der Waals surface area contributed by atoms with Gasteiger partial charge in [0.05, 0.1) is 12.4 Å². The van der Waals surface area contributed by atoms with Gasteiger partial charge in [-0.3, -0.25) is 9.78 Å². The van der Waals surface area contributed by atoms with Crippen LogP contribution in [0.4, 0.5) is 17.6 Å². The van der Waals surface area contributed by atoms with Gasteiger partial charge in [-0.2, -0.15) is 13.2 Å². The lowest BCUT2D eigenvalue weighted by Gasteiger charge is -2.35. The lowest BCUT2D eigenvalue weighted by Crippen LogP contribution is -2.44. The number of amides is 1. The summed E-state index contributed by atoms with van der Waals surface area (Å²) in [7, 11) is 0. The quantitative estimate of drug-likeness (QED) is 0.481. The van der Waals surface area contributed by atoms with Crippen LogP contribution < -0.4 is 10.1 Å². The first-order chi connectivity index (χ1) is 18.1. The van der Waals surface area contributed by atoms with Crippen LogP contribution in [0.1, 0.15) is 61.3 Å². The second-order valence-electron chi connectivity index (χ2n) is 10.4. The Bertz CT molecular complexity index is 1070. The summed E-state index contributed by atoms with van der Waals surface area (Å²) in [5, 5.41) is 2.93. The summed E-state index contributed by atoms with van der Waals surface area (Å²) in [5.74, 6) is 0.793. The largest absolute Gasteiger partial charge is 0.481 e. The van der Waals surface area contributed by atoms with Crippen molar-refractivity contribution in [1.29, 1.82) is 0 Å². The predicted molar refractivity (Wildman–Crippen MR) is 134 cm³/mol. The monoisotopic (exact) mass is 537 g/mol. The lowest BCUT2D eigenvalue weighted by molar-refractivity contribution is -0.134. The van der Waals surface area contributed by atoms with Crippen molar-refractivity contribution in [2.75, 3.05) is 26.2 Å². The van der Waals surface area contributed by atoms with Gasteiger partial charge in [0.25, 0.3) is 5.91 Å². The molecule has 1 aliphatic heterocycles. The van der Waals surface area contributed by atoms with E-state index in [-0.39, 0.29) is 25.0 Å². The minimum atomic E-state index is -4.19. The van der Waals surface area contributed by atoms with Crippen LogP contribution in [0.25, 0.3) is 0 Å². The first kappa shape index (κ1) is 28.2. The number of aryl methyl sites for hydroxylation is 2. The highest BCUT2D eigenvalue weighted by Crippen LogP contribution is 2.35. The number of fused-ring (bicyclic) bond motifs is 1. The Morgan fingerprint density at radius 2 is 1.87 bits per heavy atom. The molecule has 0 spiro atoms. The molecular weight excluding hydrogens is 502 g/mol. The van der Waals surface area contributed by atoms with Crippen molar-refractivity contribution in [2.24, 2.45) is 0 Å². The normalized spacial score (nSPS) is 22.4. The summed E-state index contributed by atoms with van der Waals surface area (Å²) in [5.41, 5.74) is 1.13. The molecule has 1 saturated carbocycles. The molecule has 0 unspecified atom stereocenters. The zero-order valence-corrected chi connectivity index (χ0v) is 21.7. The standard InChI is InChI=1S/C27H35F4N5O2/c1-19-32-16-23(17-33-19)38-18-25(37)35-22-4-9-26(28,10-5-22)12-15-36-13-7-20-2-3-21(6-11-27(29,30)31)34-24(20)8-14-36/h2-3,16-17,22H,4-15,18H2,1H3,(H,35,37)/t22-,26+. The summed E-state index contributed by atoms with van der Waals surface area (Å²) in [6, 6.07) is 3.51. The van der Waals surface area contributed by atoms with Crippen LogP contribution in [0.3, 0.4) is 0 Å². The Balaban J connectivity index is 1.17. The summed E-state index contributed by atoms with van der Waals surface area (Å²) >= 11 is 0. The highest BCUT2D eigenvalue weighted by molar-refractivity contribution is 5.77. The molecule has 0 bridgehead atoms. The molecule has 1 fully saturated rings.